The Balaban J connectivity index is 2.48. The van der Waals surface area contributed by atoms with Gasteiger partial charge in [0.1, 0.15) is 11.5 Å². The van der Waals surface area contributed by atoms with Crippen molar-refractivity contribution >= 4 is 33.3 Å². The lowest BCUT2D eigenvalue weighted by molar-refractivity contribution is 0.868. The Labute approximate surface area is 119 Å². The zero-order valence-electron chi connectivity index (χ0n) is 9.82. The molecule has 0 saturated heterocycles. The minimum atomic E-state index is 0.431. The van der Waals surface area contributed by atoms with E-state index in [9.17, 15) is 0 Å². The molecule has 0 amide bonds. The van der Waals surface area contributed by atoms with Gasteiger partial charge in [0.2, 0.25) is 0 Å². The molecule has 0 aliphatic rings. The van der Waals surface area contributed by atoms with Crippen molar-refractivity contribution in [2.24, 2.45) is 0 Å². The first kappa shape index (κ1) is 13.2. The first-order valence-corrected chi connectivity index (χ1v) is 6.72. The van der Waals surface area contributed by atoms with E-state index in [0.717, 1.165) is 23.0 Å². The van der Waals surface area contributed by atoms with E-state index in [2.05, 4.69) is 37.8 Å². The normalized spacial score (nSPS) is 10.6. The molecule has 0 saturated carbocycles. The number of pyridine rings is 1. The van der Waals surface area contributed by atoms with Crippen LogP contribution in [0.3, 0.4) is 0 Å². The Morgan fingerprint density at radius 1 is 1.33 bits per heavy atom. The number of aromatic nitrogens is 3. The van der Waals surface area contributed by atoms with Crippen molar-refractivity contribution in [3.8, 4) is 11.5 Å². The second-order valence-corrected chi connectivity index (χ2v) is 5.03. The molecule has 0 bridgehead atoms. The SMILES string of the molecule is CCCc1nc(-c2ccc(Cl)cn2)nc(N)c1Br. The summed E-state index contributed by atoms with van der Waals surface area (Å²) in [5.74, 6) is 0.955. The van der Waals surface area contributed by atoms with E-state index in [0.29, 0.717) is 22.4 Å². The number of nitrogens with zero attached hydrogens (tertiary/aromatic N) is 3. The molecule has 2 aromatic rings. The topological polar surface area (TPSA) is 64.7 Å². The van der Waals surface area contributed by atoms with Gasteiger partial charge < -0.3 is 5.73 Å². The van der Waals surface area contributed by atoms with E-state index in [4.69, 9.17) is 17.3 Å². The largest absolute Gasteiger partial charge is 0.383 e. The van der Waals surface area contributed by atoms with Gasteiger partial charge in [0.25, 0.3) is 0 Å². The lowest BCUT2D eigenvalue weighted by Crippen LogP contribution is -2.03. The van der Waals surface area contributed by atoms with Crippen LogP contribution in [0.25, 0.3) is 11.5 Å². The second-order valence-electron chi connectivity index (χ2n) is 3.80. The molecule has 2 heterocycles. The maximum absolute atomic E-state index is 5.87. The minimum absolute atomic E-state index is 0.431. The predicted molar refractivity (Wildman–Crippen MR) is 76.4 cm³/mol. The van der Waals surface area contributed by atoms with Crippen LogP contribution in [-0.4, -0.2) is 15.0 Å². The average Bonchev–Trinajstić information content (AvgIpc) is 2.36. The third kappa shape index (κ3) is 2.79. The summed E-state index contributed by atoms with van der Waals surface area (Å²) in [5.41, 5.74) is 7.43. The Morgan fingerprint density at radius 2 is 2.11 bits per heavy atom. The number of nitrogen functional groups attached to an aromatic ring is 1. The lowest BCUT2D eigenvalue weighted by atomic mass is 10.2. The third-order valence-electron chi connectivity index (χ3n) is 2.39. The van der Waals surface area contributed by atoms with Crippen molar-refractivity contribution in [1.29, 1.82) is 0 Å². The smallest absolute Gasteiger partial charge is 0.180 e. The van der Waals surface area contributed by atoms with E-state index >= 15 is 0 Å². The molecule has 0 radical (unpaired) electrons. The summed E-state index contributed by atoms with van der Waals surface area (Å²) in [6, 6.07) is 3.53. The van der Waals surface area contributed by atoms with E-state index in [-0.39, 0.29) is 0 Å². The molecule has 2 N–H and O–H groups in total. The highest BCUT2D eigenvalue weighted by Crippen LogP contribution is 2.25. The number of anilines is 1. The van der Waals surface area contributed by atoms with Crippen molar-refractivity contribution in [2.75, 3.05) is 5.73 Å². The van der Waals surface area contributed by atoms with Gasteiger partial charge in [0.05, 0.1) is 15.2 Å². The maximum atomic E-state index is 5.87. The van der Waals surface area contributed by atoms with Gasteiger partial charge >= 0.3 is 0 Å². The summed E-state index contributed by atoms with van der Waals surface area (Å²) in [6.07, 6.45) is 3.40. The number of rotatable bonds is 3. The van der Waals surface area contributed by atoms with Crippen LogP contribution in [0.2, 0.25) is 5.02 Å². The van der Waals surface area contributed by atoms with Gasteiger partial charge in [-0.3, -0.25) is 4.98 Å². The zero-order valence-corrected chi connectivity index (χ0v) is 12.2. The molecule has 0 fully saturated rings. The van der Waals surface area contributed by atoms with Crippen molar-refractivity contribution in [1.82, 2.24) is 15.0 Å². The number of hydrogen-bond acceptors (Lipinski definition) is 4. The summed E-state index contributed by atoms with van der Waals surface area (Å²) < 4.78 is 0.766. The minimum Gasteiger partial charge on any atom is -0.383 e. The molecule has 0 spiro atoms. The molecule has 0 aliphatic carbocycles. The average molecular weight is 328 g/mol. The van der Waals surface area contributed by atoms with Crippen LogP contribution in [-0.2, 0) is 6.42 Å². The van der Waals surface area contributed by atoms with Gasteiger partial charge in [0.15, 0.2) is 5.82 Å². The molecule has 4 nitrogen and oxygen atoms in total. The first-order chi connectivity index (χ1) is 8.61. The van der Waals surface area contributed by atoms with Crippen molar-refractivity contribution in [2.45, 2.75) is 19.8 Å². The molecule has 0 aromatic carbocycles. The molecule has 0 atom stereocenters. The fourth-order valence-corrected chi connectivity index (χ4v) is 2.03. The van der Waals surface area contributed by atoms with Crippen molar-refractivity contribution in [3.63, 3.8) is 0 Å². The van der Waals surface area contributed by atoms with E-state index in [1.54, 1.807) is 18.3 Å². The number of halogens is 2. The standard InChI is InChI=1S/C12H12BrClN4/c1-2-3-8-10(13)11(15)18-12(17-8)9-5-4-7(14)6-16-9/h4-6H,2-3H2,1H3,(H2,15,17,18). The fraction of sp³-hybridized carbons (Fsp3) is 0.250. The Bertz CT molecular complexity index is 557. The molecule has 18 heavy (non-hydrogen) atoms. The monoisotopic (exact) mass is 326 g/mol. The molecule has 2 rings (SSSR count). The quantitative estimate of drug-likeness (QED) is 0.937. The highest BCUT2D eigenvalue weighted by Gasteiger charge is 2.11. The van der Waals surface area contributed by atoms with Crippen LogP contribution >= 0.6 is 27.5 Å². The van der Waals surface area contributed by atoms with Crippen LogP contribution < -0.4 is 5.73 Å². The summed E-state index contributed by atoms with van der Waals surface area (Å²) in [4.78, 5) is 12.9. The van der Waals surface area contributed by atoms with Crippen molar-refractivity contribution < 1.29 is 0 Å². The molecular weight excluding hydrogens is 316 g/mol. The summed E-state index contributed by atoms with van der Waals surface area (Å²) in [5, 5.41) is 0.581. The zero-order chi connectivity index (χ0) is 13.1. The Hall–Kier alpha value is -1.20. The fourth-order valence-electron chi connectivity index (χ4n) is 1.54. The maximum Gasteiger partial charge on any atom is 0.180 e. The Morgan fingerprint density at radius 3 is 2.72 bits per heavy atom. The van der Waals surface area contributed by atoms with Gasteiger partial charge in [0, 0.05) is 6.20 Å². The molecule has 2 aromatic heterocycles. The summed E-state index contributed by atoms with van der Waals surface area (Å²) in [6.45, 7) is 2.09. The number of hydrogen-bond donors (Lipinski definition) is 1. The van der Waals surface area contributed by atoms with E-state index in [1.165, 1.54) is 0 Å². The van der Waals surface area contributed by atoms with Crippen LogP contribution in [0.5, 0.6) is 0 Å². The molecule has 6 heteroatoms. The highest BCUT2D eigenvalue weighted by molar-refractivity contribution is 9.10. The van der Waals surface area contributed by atoms with Crippen LogP contribution in [0.4, 0.5) is 5.82 Å². The van der Waals surface area contributed by atoms with Gasteiger partial charge in [-0.1, -0.05) is 24.9 Å². The first-order valence-electron chi connectivity index (χ1n) is 5.55. The Kier molecular flexibility index (Phi) is 4.14. The molecule has 0 unspecified atom stereocenters. The van der Waals surface area contributed by atoms with Crippen LogP contribution in [0.15, 0.2) is 22.8 Å². The summed E-state index contributed by atoms with van der Waals surface area (Å²) >= 11 is 9.21. The van der Waals surface area contributed by atoms with Crippen molar-refractivity contribution in [3.05, 3.63) is 33.5 Å². The van der Waals surface area contributed by atoms with Crippen LogP contribution in [0.1, 0.15) is 19.0 Å². The highest BCUT2D eigenvalue weighted by atomic mass is 79.9. The third-order valence-corrected chi connectivity index (χ3v) is 3.48. The van der Waals surface area contributed by atoms with Gasteiger partial charge in [-0.25, -0.2) is 9.97 Å². The van der Waals surface area contributed by atoms with Crippen LogP contribution in [0, 0.1) is 0 Å². The predicted octanol–water partition coefficient (Wildman–Crippen LogP) is 3.49. The van der Waals surface area contributed by atoms with Gasteiger partial charge in [-0.2, -0.15) is 0 Å². The number of aryl methyl sites for hydroxylation is 1. The van der Waals surface area contributed by atoms with Gasteiger partial charge in [-0.15, -0.1) is 0 Å². The molecule has 0 aliphatic heterocycles. The molecule has 94 valence electrons. The molecular formula is C12H12BrClN4. The van der Waals surface area contributed by atoms with E-state index in [1.807, 2.05) is 0 Å². The van der Waals surface area contributed by atoms with E-state index < -0.39 is 0 Å². The summed E-state index contributed by atoms with van der Waals surface area (Å²) in [7, 11) is 0. The van der Waals surface area contributed by atoms with Gasteiger partial charge in [-0.05, 0) is 34.5 Å². The lowest BCUT2D eigenvalue weighted by Gasteiger charge is -2.07. The number of nitrogens with two attached hydrogens (primary N) is 1. The second kappa shape index (κ2) is 5.63.